The number of benzene rings is 1. The third-order valence-electron chi connectivity index (χ3n) is 4.73. The highest BCUT2D eigenvalue weighted by Gasteiger charge is 2.38. The van der Waals surface area contributed by atoms with E-state index in [2.05, 4.69) is 5.32 Å². The second kappa shape index (κ2) is 6.40. The number of hydrogen-bond donors (Lipinski definition) is 2. The minimum atomic E-state index is -0.503. The van der Waals surface area contributed by atoms with E-state index in [4.69, 9.17) is 5.73 Å². The zero-order valence-corrected chi connectivity index (χ0v) is 13.0. The van der Waals surface area contributed by atoms with E-state index < -0.39 is 5.91 Å². The van der Waals surface area contributed by atoms with E-state index in [-0.39, 0.29) is 24.2 Å². The lowest BCUT2D eigenvalue weighted by atomic mass is 10.1. The van der Waals surface area contributed by atoms with Crippen molar-refractivity contribution in [1.82, 2.24) is 4.90 Å². The highest BCUT2D eigenvalue weighted by atomic mass is 16.2. The Morgan fingerprint density at radius 2 is 1.78 bits per heavy atom. The molecule has 1 aromatic rings. The summed E-state index contributed by atoms with van der Waals surface area (Å²) in [6, 6.07) is 6.74. The fraction of sp³-hybridized carbons (Fsp3) is 0.471. The molecule has 2 aliphatic rings. The number of hydrogen-bond acceptors (Lipinski definition) is 3. The zero-order valence-electron chi connectivity index (χ0n) is 13.0. The molecular formula is C17H21N3O3. The van der Waals surface area contributed by atoms with Gasteiger partial charge in [-0.3, -0.25) is 14.4 Å². The Kier molecular flexibility index (Phi) is 4.32. The third kappa shape index (κ3) is 3.36. The number of nitrogens with zero attached hydrogens (tertiary/aromatic N) is 1. The fourth-order valence-electron chi connectivity index (χ4n) is 3.44. The summed E-state index contributed by atoms with van der Waals surface area (Å²) in [5.74, 6) is -0.873. The van der Waals surface area contributed by atoms with Gasteiger partial charge in [-0.1, -0.05) is 12.8 Å². The van der Waals surface area contributed by atoms with E-state index in [9.17, 15) is 14.4 Å². The summed E-state index contributed by atoms with van der Waals surface area (Å²) in [7, 11) is 0. The van der Waals surface area contributed by atoms with E-state index in [1.54, 1.807) is 24.3 Å². The van der Waals surface area contributed by atoms with Crippen molar-refractivity contribution in [2.24, 2.45) is 11.7 Å². The number of carbonyl (C=O) groups is 3. The highest BCUT2D eigenvalue weighted by molar-refractivity contribution is 5.98. The molecular weight excluding hydrogens is 294 g/mol. The molecule has 1 aliphatic carbocycles. The van der Waals surface area contributed by atoms with Crippen molar-refractivity contribution >= 4 is 23.4 Å². The Labute approximate surface area is 135 Å². The molecule has 1 saturated heterocycles. The van der Waals surface area contributed by atoms with Crippen LogP contribution in [-0.2, 0) is 9.59 Å². The van der Waals surface area contributed by atoms with Gasteiger partial charge in [0.05, 0.1) is 5.92 Å². The molecule has 2 fully saturated rings. The molecule has 23 heavy (non-hydrogen) atoms. The molecule has 6 heteroatoms. The van der Waals surface area contributed by atoms with Gasteiger partial charge < -0.3 is 16.0 Å². The summed E-state index contributed by atoms with van der Waals surface area (Å²) in [6.07, 6.45) is 4.71. The predicted molar refractivity (Wildman–Crippen MR) is 85.7 cm³/mol. The van der Waals surface area contributed by atoms with Crippen LogP contribution in [0.4, 0.5) is 5.69 Å². The van der Waals surface area contributed by atoms with E-state index in [1.165, 1.54) is 0 Å². The van der Waals surface area contributed by atoms with Crippen molar-refractivity contribution in [3.05, 3.63) is 29.8 Å². The van der Waals surface area contributed by atoms with E-state index >= 15 is 0 Å². The van der Waals surface area contributed by atoms with Gasteiger partial charge in [-0.25, -0.2) is 0 Å². The number of carbonyl (C=O) groups excluding carboxylic acids is 3. The molecule has 1 atom stereocenters. The van der Waals surface area contributed by atoms with Gasteiger partial charge in [-0.2, -0.15) is 0 Å². The molecule has 1 aromatic carbocycles. The zero-order chi connectivity index (χ0) is 16.4. The molecule has 3 N–H and O–H groups in total. The number of likely N-dealkylation sites (tertiary alicyclic amines) is 1. The van der Waals surface area contributed by atoms with Crippen molar-refractivity contribution in [2.75, 3.05) is 11.9 Å². The number of primary amides is 1. The van der Waals surface area contributed by atoms with Crippen LogP contribution >= 0.6 is 0 Å². The van der Waals surface area contributed by atoms with Crippen LogP contribution < -0.4 is 11.1 Å². The maximum atomic E-state index is 12.4. The van der Waals surface area contributed by atoms with Gasteiger partial charge in [0.15, 0.2) is 0 Å². The number of nitrogens with one attached hydrogen (secondary N) is 1. The molecule has 1 unspecified atom stereocenters. The van der Waals surface area contributed by atoms with Crippen molar-refractivity contribution < 1.29 is 14.4 Å². The van der Waals surface area contributed by atoms with Gasteiger partial charge in [0, 0.05) is 30.3 Å². The molecule has 3 amide bonds. The Morgan fingerprint density at radius 3 is 2.39 bits per heavy atom. The van der Waals surface area contributed by atoms with Crippen molar-refractivity contribution in [3.63, 3.8) is 0 Å². The van der Waals surface area contributed by atoms with Crippen LogP contribution in [0.25, 0.3) is 0 Å². The Bertz CT molecular complexity index is 620. The normalized spacial score (nSPS) is 21.7. The lowest BCUT2D eigenvalue weighted by molar-refractivity contribution is -0.129. The van der Waals surface area contributed by atoms with Gasteiger partial charge >= 0.3 is 0 Å². The molecule has 1 saturated carbocycles. The van der Waals surface area contributed by atoms with Gasteiger partial charge in [-0.15, -0.1) is 0 Å². The van der Waals surface area contributed by atoms with Crippen molar-refractivity contribution in [3.8, 4) is 0 Å². The summed E-state index contributed by atoms with van der Waals surface area (Å²) in [5.41, 5.74) is 6.18. The van der Waals surface area contributed by atoms with Crippen LogP contribution in [0.1, 0.15) is 42.5 Å². The van der Waals surface area contributed by atoms with Gasteiger partial charge in [-0.05, 0) is 37.1 Å². The average molecular weight is 315 g/mol. The standard InChI is InChI=1S/C17H21N3O3/c18-16(22)11-5-7-13(8-6-11)19-17(23)12-9-15(21)20(10-12)14-3-1-2-4-14/h5-8,12,14H,1-4,9-10H2,(H2,18,22)(H,19,23). The van der Waals surface area contributed by atoms with Gasteiger partial charge in [0.1, 0.15) is 0 Å². The maximum Gasteiger partial charge on any atom is 0.248 e. The number of amides is 3. The van der Waals surface area contributed by atoms with E-state index in [0.717, 1.165) is 25.7 Å². The summed E-state index contributed by atoms with van der Waals surface area (Å²) in [4.78, 5) is 37.4. The fourth-order valence-corrected chi connectivity index (χ4v) is 3.44. The first-order valence-corrected chi connectivity index (χ1v) is 8.05. The van der Waals surface area contributed by atoms with Gasteiger partial charge in [0.25, 0.3) is 0 Å². The lowest BCUT2D eigenvalue weighted by Gasteiger charge is -2.23. The average Bonchev–Trinajstić information content (AvgIpc) is 3.16. The summed E-state index contributed by atoms with van der Waals surface area (Å²) in [5, 5.41) is 2.81. The van der Waals surface area contributed by atoms with Crippen molar-refractivity contribution in [1.29, 1.82) is 0 Å². The van der Waals surface area contributed by atoms with Crippen LogP contribution in [0.3, 0.4) is 0 Å². The monoisotopic (exact) mass is 315 g/mol. The summed E-state index contributed by atoms with van der Waals surface area (Å²) < 4.78 is 0. The smallest absolute Gasteiger partial charge is 0.248 e. The highest BCUT2D eigenvalue weighted by Crippen LogP contribution is 2.29. The molecule has 0 spiro atoms. The van der Waals surface area contributed by atoms with E-state index in [1.807, 2.05) is 4.90 Å². The van der Waals surface area contributed by atoms with Crippen LogP contribution in [0.5, 0.6) is 0 Å². The van der Waals surface area contributed by atoms with Crippen LogP contribution in [-0.4, -0.2) is 35.2 Å². The van der Waals surface area contributed by atoms with Crippen LogP contribution in [0.15, 0.2) is 24.3 Å². The number of rotatable bonds is 4. The Morgan fingerprint density at radius 1 is 1.13 bits per heavy atom. The van der Waals surface area contributed by atoms with Crippen LogP contribution in [0, 0.1) is 5.92 Å². The minimum absolute atomic E-state index is 0.0844. The molecule has 3 rings (SSSR count). The molecule has 1 aliphatic heterocycles. The molecule has 0 radical (unpaired) electrons. The molecule has 122 valence electrons. The summed E-state index contributed by atoms with van der Waals surface area (Å²) in [6.45, 7) is 0.509. The number of anilines is 1. The second-order valence-corrected chi connectivity index (χ2v) is 6.32. The SMILES string of the molecule is NC(=O)c1ccc(NC(=O)C2CC(=O)N(C3CCCC3)C2)cc1. The molecule has 6 nitrogen and oxygen atoms in total. The molecule has 0 bridgehead atoms. The topological polar surface area (TPSA) is 92.5 Å². The molecule has 1 heterocycles. The second-order valence-electron chi connectivity index (χ2n) is 6.32. The first-order chi connectivity index (χ1) is 11.0. The number of nitrogens with two attached hydrogens (primary N) is 1. The van der Waals surface area contributed by atoms with Crippen LogP contribution in [0.2, 0.25) is 0 Å². The van der Waals surface area contributed by atoms with E-state index in [0.29, 0.717) is 23.8 Å². The lowest BCUT2D eigenvalue weighted by Crippen LogP contribution is -2.35. The maximum absolute atomic E-state index is 12.4. The Hall–Kier alpha value is -2.37. The van der Waals surface area contributed by atoms with Crippen molar-refractivity contribution in [2.45, 2.75) is 38.1 Å². The predicted octanol–water partition coefficient (Wildman–Crippen LogP) is 1.52. The minimum Gasteiger partial charge on any atom is -0.366 e. The quantitative estimate of drug-likeness (QED) is 0.882. The summed E-state index contributed by atoms with van der Waals surface area (Å²) >= 11 is 0. The molecule has 0 aromatic heterocycles. The third-order valence-corrected chi connectivity index (χ3v) is 4.73. The largest absolute Gasteiger partial charge is 0.366 e. The first-order valence-electron chi connectivity index (χ1n) is 8.05. The first kappa shape index (κ1) is 15.5. The Balaban J connectivity index is 1.60. The van der Waals surface area contributed by atoms with Gasteiger partial charge in [0.2, 0.25) is 17.7 Å².